The lowest BCUT2D eigenvalue weighted by Crippen LogP contribution is -2.40. The number of aromatic nitrogens is 1. The van der Waals surface area contributed by atoms with Crippen LogP contribution >= 0.6 is 23.2 Å². The number of aliphatic hydroxyl groups excluding tert-OH is 1. The monoisotopic (exact) mass is 1060 g/mol. The van der Waals surface area contributed by atoms with Gasteiger partial charge in [-0.2, -0.15) is 8.42 Å². The number of ether oxygens (including phenoxy) is 4. The Hall–Kier alpha value is -4.54. The van der Waals surface area contributed by atoms with E-state index in [-0.39, 0.29) is 70.4 Å². The first-order valence-corrected chi connectivity index (χ1v) is 26.7. The summed E-state index contributed by atoms with van der Waals surface area (Å²) in [5.41, 5.74) is 1.42. The number of hydrogen-bond donors (Lipinski definition) is 1. The average Bonchev–Trinajstić information content (AvgIpc) is 3.46. The number of carbonyl (C=O) groups excluding carboxylic acids is 5. The maximum absolute atomic E-state index is 12.3. The van der Waals surface area contributed by atoms with E-state index in [1.807, 2.05) is 106 Å². The fourth-order valence-corrected chi connectivity index (χ4v) is 9.58. The number of aliphatic hydroxyl groups is 1. The Balaban J connectivity index is 0.000000189. The number of hydrogen-bond acceptors (Lipinski definition) is 13. The lowest BCUT2D eigenvalue weighted by Gasteiger charge is -2.37. The second-order valence-electron chi connectivity index (χ2n) is 23.3. The van der Waals surface area contributed by atoms with Gasteiger partial charge >= 0.3 is 23.9 Å². The van der Waals surface area contributed by atoms with Crippen LogP contribution in [-0.4, -0.2) is 82.4 Å². The minimum absolute atomic E-state index is 0.0358. The molecule has 0 saturated heterocycles. The molecule has 4 fully saturated rings. The van der Waals surface area contributed by atoms with E-state index in [2.05, 4.69) is 4.57 Å². The molecule has 0 unspecified atom stereocenters. The first kappa shape index (κ1) is 58.4. The second kappa shape index (κ2) is 22.9. The topological polar surface area (TPSA) is 191 Å². The van der Waals surface area contributed by atoms with Crippen molar-refractivity contribution in [2.45, 2.75) is 187 Å². The summed E-state index contributed by atoms with van der Waals surface area (Å²) in [4.78, 5) is 57.3. The van der Waals surface area contributed by atoms with Crippen LogP contribution in [0, 0.1) is 30.6 Å². The van der Waals surface area contributed by atoms with Gasteiger partial charge in [0.1, 0.15) is 28.2 Å². The highest BCUT2D eigenvalue weighted by molar-refractivity contribution is 7.86. The van der Waals surface area contributed by atoms with Gasteiger partial charge in [-0.3, -0.25) is 28.2 Å². The lowest BCUT2D eigenvalue weighted by molar-refractivity contribution is -0.167. The number of ketones is 1. The van der Waals surface area contributed by atoms with Crippen molar-refractivity contribution in [2.24, 2.45) is 23.7 Å². The molecule has 17 heteroatoms. The zero-order chi connectivity index (χ0) is 53.9. The van der Waals surface area contributed by atoms with E-state index >= 15 is 0 Å². The highest BCUT2D eigenvalue weighted by Gasteiger charge is 2.42. The smallest absolute Gasteiger partial charge is 0.310 e. The van der Waals surface area contributed by atoms with Crippen molar-refractivity contribution in [3.8, 4) is 0 Å². The van der Waals surface area contributed by atoms with E-state index in [1.54, 1.807) is 32.9 Å². The Labute approximate surface area is 434 Å². The molecule has 72 heavy (non-hydrogen) atoms. The fourth-order valence-electron chi connectivity index (χ4n) is 8.14. The van der Waals surface area contributed by atoms with Crippen LogP contribution in [0.1, 0.15) is 146 Å². The molecule has 0 aliphatic heterocycles. The van der Waals surface area contributed by atoms with Gasteiger partial charge in [-0.15, -0.1) is 0 Å². The number of esters is 4. The number of halogens is 2. The molecule has 0 amide bonds. The van der Waals surface area contributed by atoms with Crippen molar-refractivity contribution in [3.05, 3.63) is 76.3 Å². The maximum Gasteiger partial charge on any atom is 0.310 e. The van der Waals surface area contributed by atoms with Gasteiger partial charge in [0.2, 0.25) is 0 Å². The summed E-state index contributed by atoms with van der Waals surface area (Å²) in [7, 11) is -3.77. The van der Waals surface area contributed by atoms with E-state index in [0.29, 0.717) is 48.6 Å². The molecule has 4 aliphatic rings. The quantitative estimate of drug-likeness (QED) is 0.0997. The summed E-state index contributed by atoms with van der Waals surface area (Å²) in [6.07, 6.45) is 3.46. The van der Waals surface area contributed by atoms with Gasteiger partial charge in [0.05, 0.1) is 40.8 Å². The molecule has 0 atom stereocenters. The zero-order valence-corrected chi connectivity index (χ0v) is 46.3. The van der Waals surface area contributed by atoms with Gasteiger partial charge in [-0.05, 0) is 177 Å². The third-order valence-corrected chi connectivity index (χ3v) is 13.7. The number of aryl methyl sites for hydroxylation is 1. The normalized spacial score (nSPS) is 22.1. The Morgan fingerprint density at radius 1 is 0.556 bits per heavy atom. The number of fused-ring (bicyclic) bond motifs is 3. The van der Waals surface area contributed by atoms with Crippen LogP contribution in [0.2, 0.25) is 10.0 Å². The molecule has 0 spiro atoms. The number of benzene rings is 3. The third-order valence-electron chi connectivity index (χ3n) is 11.9. The van der Waals surface area contributed by atoms with Crippen molar-refractivity contribution in [1.29, 1.82) is 0 Å². The van der Waals surface area contributed by atoms with Crippen molar-refractivity contribution >= 4 is 84.8 Å². The maximum atomic E-state index is 12.3. The minimum atomic E-state index is -3.77. The molecular formula is C55H73Cl2NO13S. The molecular weight excluding hydrogens is 986 g/mol. The van der Waals surface area contributed by atoms with E-state index in [9.17, 15) is 32.4 Å². The Morgan fingerprint density at radius 2 is 0.917 bits per heavy atom. The molecule has 0 radical (unpaired) electrons. The van der Waals surface area contributed by atoms with Crippen LogP contribution in [-0.2, 0) is 57.2 Å². The van der Waals surface area contributed by atoms with Crippen LogP contribution in [0.25, 0.3) is 21.8 Å². The average molecular weight is 1060 g/mol. The highest BCUT2D eigenvalue weighted by atomic mass is 35.5. The zero-order valence-electron chi connectivity index (χ0n) is 43.9. The Bertz CT molecular complexity index is 2640. The molecule has 4 aliphatic carbocycles. The lowest BCUT2D eigenvalue weighted by atomic mass is 9.80. The first-order chi connectivity index (χ1) is 33.1. The standard InChI is InChI=1S/C21H21Cl2NO2.C16H22O5S.C9H16O3.C9H14O3/c1-21(2,3)26-20(25)12-8-15(9-12)24-18-6-4-13(22)10-16(18)17-11-14(23)5-7-19(17)24;1-11-5-7-14(8-6-11)22(18,19)21-13-9-12(10-13)15(17)20-16(2,3)4;2*1-9(2,3)12-8(11)6-4-7(10)5-6/h4-7,10-12,15H,8-9H2,1-3H3;5-8,12-13H,9-10H2,1-4H3;6-7,10H,4-5H2,1-3H3;6H,4-5H2,1-3H3. The molecule has 1 heterocycles. The summed E-state index contributed by atoms with van der Waals surface area (Å²) in [5.74, 6) is -1.19. The van der Waals surface area contributed by atoms with Gasteiger partial charge in [0, 0.05) is 50.7 Å². The summed E-state index contributed by atoms with van der Waals surface area (Å²) in [6.45, 7) is 24.0. The van der Waals surface area contributed by atoms with Crippen LogP contribution in [0.15, 0.2) is 65.6 Å². The molecule has 4 saturated carbocycles. The van der Waals surface area contributed by atoms with Crippen LogP contribution in [0.3, 0.4) is 0 Å². The number of carbonyl (C=O) groups is 5. The SMILES string of the molecule is CC(C)(C)OC(=O)C1CC(=O)C1.CC(C)(C)OC(=O)C1CC(O)C1.CC(C)(C)OC(=O)C1CC(n2c3ccc(Cl)cc3c3cc(Cl)ccc32)C1.Cc1ccc(S(=O)(=O)OC2CC(C(=O)OC(C)(C)C)C2)cc1. The molecule has 8 rings (SSSR count). The summed E-state index contributed by atoms with van der Waals surface area (Å²) >= 11 is 12.4. The predicted octanol–water partition coefficient (Wildman–Crippen LogP) is 11.6. The third kappa shape index (κ3) is 17.0. The predicted molar refractivity (Wildman–Crippen MR) is 277 cm³/mol. The van der Waals surface area contributed by atoms with Crippen molar-refractivity contribution < 1.29 is 60.6 Å². The molecule has 4 aromatic rings. The molecule has 1 N–H and O–H groups in total. The van der Waals surface area contributed by atoms with Gasteiger partial charge in [-0.1, -0.05) is 40.9 Å². The molecule has 396 valence electrons. The van der Waals surface area contributed by atoms with Gasteiger partial charge in [0.25, 0.3) is 10.1 Å². The Morgan fingerprint density at radius 3 is 1.28 bits per heavy atom. The fraction of sp³-hybridized carbons (Fsp3) is 0.582. The number of nitrogens with zero attached hydrogens (tertiary/aromatic N) is 1. The van der Waals surface area contributed by atoms with Crippen LogP contribution in [0.4, 0.5) is 0 Å². The first-order valence-electron chi connectivity index (χ1n) is 24.6. The number of rotatable bonds is 8. The van der Waals surface area contributed by atoms with Crippen molar-refractivity contribution in [1.82, 2.24) is 4.57 Å². The highest BCUT2D eigenvalue weighted by Crippen LogP contribution is 2.45. The van der Waals surface area contributed by atoms with Gasteiger partial charge < -0.3 is 28.6 Å². The van der Waals surface area contributed by atoms with Crippen molar-refractivity contribution in [2.75, 3.05) is 0 Å². The van der Waals surface area contributed by atoms with Gasteiger partial charge in [-0.25, -0.2) is 0 Å². The van der Waals surface area contributed by atoms with E-state index in [0.717, 1.165) is 40.2 Å². The minimum Gasteiger partial charge on any atom is -0.460 e. The molecule has 14 nitrogen and oxygen atoms in total. The summed E-state index contributed by atoms with van der Waals surface area (Å²) < 4.78 is 52.8. The molecule has 0 bridgehead atoms. The number of Topliss-reactive ketones (excluding diaryl/α,β-unsaturated/α-hetero) is 1. The summed E-state index contributed by atoms with van der Waals surface area (Å²) in [6, 6.07) is 18.6. The van der Waals surface area contributed by atoms with Crippen LogP contribution in [0.5, 0.6) is 0 Å². The van der Waals surface area contributed by atoms with E-state index in [1.165, 1.54) is 12.1 Å². The molecule has 3 aromatic carbocycles. The van der Waals surface area contributed by atoms with Crippen LogP contribution < -0.4 is 0 Å². The largest absolute Gasteiger partial charge is 0.460 e. The Kier molecular flexibility index (Phi) is 18.6. The molecule has 1 aromatic heterocycles. The van der Waals surface area contributed by atoms with E-state index < -0.39 is 38.6 Å². The van der Waals surface area contributed by atoms with Crippen molar-refractivity contribution in [3.63, 3.8) is 0 Å². The summed E-state index contributed by atoms with van der Waals surface area (Å²) in [5, 5.41) is 12.6. The van der Waals surface area contributed by atoms with E-state index in [4.69, 9.17) is 51.4 Å². The second-order valence-corrected chi connectivity index (χ2v) is 25.7. The van der Waals surface area contributed by atoms with Gasteiger partial charge in [0.15, 0.2) is 0 Å².